The molecule has 2 unspecified atom stereocenters. The molecule has 5 nitrogen and oxygen atoms in total. The summed E-state index contributed by atoms with van der Waals surface area (Å²) in [6.07, 6.45) is 2.55. The van der Waals surface area contributed by atoms with Gasteiger partial charge >= 0.3 is 0 Å². The maximum Gasteiger partial charge on any atom is 0.239 e. The van der Waals surface area contributed by atoms with Crippen LogP contribution in [0.5, 0.6) is 5.88 Å². The first-order valence-electron chi connectivity index (χ1n) is 6.70. The van der Waals surface area contributed by atoms with Crippen molar-refractivity contribution in [3.63, 3.8) is 0 Å². The van der Waals surface area contributed by atoms with E-state index in [9.17, 15) is 4.21 Å². The van der Waals surface area contributed by atoms with Gasteiger partial charge in [-0.3, -0.25) is 4.21 Å². The van der Waals surface area contributed by atoms with E-state index in [1.54, 1.807) is 12.3 Å². The number of pyridine rings is 1. The highest BCUT2D eigenvalue weighted by atomic mass is 32.2. The summed E-state index contributed by atoms with van der Waals surface area (Å²) in [5.74, 6) is 1.15. The van der Waals surface area contributed by atoms with Gasteiger partial charge in [-0.15, -0.1) is 0 Å². The van der Waals surface area contributed by atoms with Crippen LogP contribution < -0.4 is 15.8 Å². The molecule has 0 radical (unpaired) electrons. The number of nitrogens with two attached hydrogens (primary N) is 1. The minimum Gasteiger partial charge on any atom is -0.470 e. The van der Waals surface area contributed by atoms with E-state index in [-0.39, 0.29) is 10.9 Å². The monoisotopic (exact) mass is 299 g/mol. The van der Waals surface area contributed by atoms with Crippen LogP contribution in [0.15, 0.2) is 12.1 Å². The Morgan fingerprint density at radius 2 is 2.10 bits per heavy atom. The first kappa shape index (κ1) is 16.8. The van der Waals surface area contributed by atoms with Gasteiger partial charge < -0.3 is 15.8 Å². The van der Waals surface area contributed by atoms with Gasteiger partial charge in [-0.1, -0.05) is 6.92 Å². The minimum absolute atomic E-state index is 0.168. The van der Waals surface area contributed by atoms with Crippen LogP contribution in [0, 0.1) is 0 Å². The maximum atomic E-state index is 11.3. The molecule has 0 fully saturated rings. The largest absolute Gasteiger partial charge is 0.470 e. The van der Waals surface area contributed by atoms with Crippen LogP contribution in [-0.2, 0) is 10.8 Å². The second-order valence-electron chi connectivity index (χ2n) is 5.83. The molecule has 0 aliphatic heterocycles. The Balaban J connectivity index is 2.64. The molecule has 2 atom stereocenters. The lowest BCUT2D eigenvalue weighted by molar-refractivity contribution is 0.125. The zero-order chi connectivity index (χ0) is 15.3. The van der Waals surface area contributed by atoms with Crippen LogP contribution in [0.3, 0.4) is 0 Å². The maximum absolute atomic E-state index is 11.3. The fraction of sp³-hybridized carbons (Fsp3) is 0.643. The van der Waals surface area contributed by atoms with E-state index in [0.717, 1.165) is 6.42 Å². The lowest BCUT2D eigenvalue weighted by atomic mass is 10.2. The van der Waals surface area contributed by atoms with Crippen LogP contribution in [0.1, 0.15) is 34.1 Å². The lowest BCUT2D eigenvalue weighted by Gasteiger charge is -2.21. The molecule has 1 rings (SSSR count). The van der Waals surface area contributed by atoms with Crippen molar-refractivity contribution < 1.29 is 8.95 Å². The van der Waals surface area contributed by atoms with Gasteiger partial charge in [-0.05, 0) is 39.3 Å². The van der Waals surface area contributed by atoms with Crippen molar-refractivity contribution in [3.05, 3.63) is 12.1 Å². The second kappa shape index (κ2) is 6.92. The summed E-state index contributed by atoms with van der Waals surface area (Å²) in [6.45, 7) is 8.54. The predicted octanol–water partition coefficient (Wildman–Crippen LogP) is 2.41. The van der Waals surface area contributed by atoms with Crippen molar-refractivity contribution in [1.82, 2.24) is 4.98 Å². The highest BCUT2D eigenvalue weighted by Gasteiger charge is 2.15. The van der Waals surface area contributed by atoms with Gasteiger partial charge in [0.15, 0.2) is 0 Å². The number of ether oxygens (including phenoxy) is 1. The Morgan fingerprint density at radius 3 is 2.65 bits per heavy atom. The van der Waals surface area contributed by atoms with E-state index in [1.165, 1.54) is 0 Å². The van der Waals surface area contributed by atoms with Gasteiger partial charge in [0.2, 0.25) is 5.88 Å². The van der Waals surface area contributed by atoms with Crippen LogP contribution in [0.25, 0.3) is 0 Å². The molecule has 0 amide bonds. The molecule has 0 aliphatic rings. The molecule has 1 aromatic heterocycles. The van der Waals surface area contributed by atoms with Gasteiger partial charge in [-0.25, -0.2) is 0 Å². The van der Waals surface area contributed by atoms with Crippen molar-refractivity contribution in [2.45, 2.75) is 45.0 Å². The van der Waals surface area contributed by atoms with Gasteiger partial charge in [0, 0.05) is 28.9 Å². The van der Waals surface area contributed by atoms with E-state index in [4.69, 9.17) is 10.5 Å². The average Bonchev–Trinajstić information content (AvgIpc) is 2.31. The number of hydrogen-bond acceptors (Lipinski definition) is 5. The summed E-state index contributed by atoms with van der Waals surface area (Å²) in [7, 11) is -0.795. The fourth-order valence-electron chi connectivity index (χ4n) is 1.49. The minimum atomic E-state index is -0.795. The summed E-state index contributed by atoms with van der Waals surface area (Å²) < 4.78 is 17.0. The molecular formula is C14H25N3O2S. The Labute approximate surface area is 123 Å². The molecule has 0 saturated heterocycles. The van der Waals surface area contributed by atoms with Gasteiger partial charge in [0.25, 0.3) is 0 Å². The number of nitrogen functional groups attached to an aromatic ring is 1. The van der Waals surface area contributed by atoms with Crippen LogP contribution in [-0.4, -0.2) is 32.8 Å². The molecule has 1 heterocycles. The Bertz CT molecular complexity index is 472. The predicted molar refractivity (Wildman–Crippen MR) is 85.7 cm³/mol. The number of anilines is 2. The van der Waals surface area contributed by atoms with Crippen LogP contribution in [0.2, 0.25) is 0 Å². The first-order valence-corrected chi connectivity index (χ1v) is 8.33. The SMILES string of the molecule is CC(CCNc1ccc(N)c(OC(C)(C)C)n1)S(C)=O. The van der Waals surface area contributed by atoms with Crippen LogP contribution in [0.4, 0.5) is 11.5 Å². The molecule has 1 aromatic rings. The molecule has 0 saturated carbocycles. The average molecular weight is 299 g/mol. The molecule has 0 aromatic carbocycles. The van der Waals surface area contributed by atoms with Crippen LogP contribution >= 0.6 is 0 Å². The smallest absolute Gasteiger partial charge is 0.239 e. The third-order valence-corrected chi connectivity index (χ3v) is 4.09. The Morgan fingerprint density at radius 1 is 1.45 bits per heavy atom. The summed E-state index contributed by atoms with van der Waals surface area (Å²) >= 11 is 0. The molecular weight excluding hydrogens is 274 g/mol. The molecule has 20 heavy (non-hydrogen) atoms. The van der Waals surface area contributed by atoms with Gasteiger partial charge in [0.1, 0.15) is 11.4 Å². The fourth-order valence-corrected chi connectivity index (χ4v) is 1.94. The van der Waals surface area contributed by atoms with E-state index >= 15 is 0 Å². The summed E-state index contributed by atoms with van der Waals surface area (Å²) in [6, 6.07) is 3.59. The van der Waals surface area contributed by atoms with E-state index < -0.39 is 10.8 Å². The van der Waals surface area contributed by atoms with E-state index in [1.807, 2.05) is 33.8 Å². The quantitative estimate of drug-likeness (QED) is 0.843. The second-order valence-corrected chi connectivity index (χ2v) is 7.63. The molecule has 0 aliphatic carbocycles. The van der Waals surface area contributed by atoms with Crippen molar-refractivity contribution in [2.24, 2.45) is 0 Å². The van der Waals surface area contributed by atoms with Crippen molar-refractivity contribution in [1.29, 1.82) is 0 Å². The number of rotatable bonds is 6. The lowest BCUT2D eigenvalue weighted by Crippen LogP contribution is -2.24. The van der Waals surface area contributed by atoms with E-state index in [0.29, 0.717) is 23.9 Å². The zero-order valence-corrected chi connectivity index (χ0v) is 13.7. The molecule has 0 bridgehead atoms. The third-order valence-electron chi connectivity index (χ3n) is 2.72. The number of nitrogens with one attached hydrogen (secondary N) is 1. The molecule has 0 spiro atoms. The number of nitrogens with zero attached hydrogens (tertiary/aromatic N) is 1. The standard InChI is InChI=1S/C14H25N3O2S/c1-10(20(5)18)8-9-16-12-7-6-11(15)13(17-12)19-14(2,3)4/h6-7,10H,8-9,15H2,1-5H3,(H,16,17). The Kier molecular flexibility index (Phi) is 5.80. The molecule has 6 heteroatoms. The molecule has 3 N–H and O–H groups in total. The number of hydrogen-bond donors (Lipinski definition) is 2. The summed E-state index contributed by atoms with van der Waals surface area (Å²) in [5.41, 5.74) is 6.04. The van der Waals surface area contributed by atoms with Crippen molar-refractivity contribution in [3.8, 4) is 5.88 Å². The zero-order valence-electron chi connectivity index (χ0n) is 12.9. The molecule has 114 valence electrons. The first-order chi connectivity index (χ1) is 9.19. The normalized spacial score (nSPS) is 14.7. The topological polar surface area (TPSA) is 77.2 Å². The Hall–Kier alpha value is -1.30. The highest BCUT2D eigenvalue weighted by molar-refractivity contribution is 7.84. The van der Waals surface area contributed by atoms with Gasteiger partial charge in [-0.2, -0.15) is 4.98 Å². The third kappa shape index (κ3) is 5.77. The summed E-state index contributed by atoms with van der Waals surface area (Å²) in [5, 5.41) is 3.37. The van der Waals surface area contributed by atoms with Crippen molar-refractivity contribution in [2.75, 3.05) is 23.9 Å². The van der Waals surface area contributed by atoms with Gasteiger partial charge in [0.05, 0.1) is 5.69 Å². The van der Waals surface area contributed by atoms with E-state index in [2.05, 4.69) is 10.3 Å². The highest BCUT2D eigenvalue weighted by Crippen LogP contribution is 2.24. The van der Waals surface area contributed by atoms with Crippen molar-refractivity contribution >= 4 is 22.3 Å². The number of aromatic nitrogens is 1. The summed E-state index contributed by atoms with van der Waals surface area (Å²) in [4.78, 5) is 4.37.